The van der Waals surface area contributed by atoms with Gasteiger partial charge in [-0.05, 0) is 31.2 Å². The first-order valence-corrected chi connectivity index (χ1v) is 7.81. The number of hydrogen-bond acceptors (Lipinski definition) is 4. The van der Waals surface area contributed by atoms with E-state index in [1.165, 1.54) is 16.2 Å². The zero-order valence-electron chi connectivity index (χ0n) is 11.8. The Bertz CT molecular complexity index is 848. The highest BCUT2D eigenvalue weighted by Gasteiger charge is 2.39. The number of hydrogen-bond donors (Lipinski definition) is 0. The molecule has 0 saturated carbocycles. The number of nitrogens with zero attached hydrogens (tertiary/aromatic N) is 2. The van der Waals surface area contributed by atoms with Crippen LogP contribution in [0.3, 0.4) is 0 Å². The third-order valence-electron chi connectivity index (χ3n) is 3.88. The molecule has 0 radical (unpaired) electrons. The van der Waals surface area contributed by atoms with Gasteiger partial charge in [-0.15, -0.1) is 11.3 Å². The van der Waals surface area contributed by atoms with Crippen molar-refractivity contribution in [2.24, 2.45) is 0 Å². The average molecular weight is 308 g/mol. The van der Waals surface area contributed by atoms with E-state index in [4.69, 9.17) is 0 Å². The van der Waals surface area contributed by atoms with Gasteiger partial charge < -0.3 is 0 Å². The van der Waals surface area contributed by atoms with E-state index in [1.807, 2.05) is 31.2 Å². The van der Waals surface area contributed by atoms with Crippen LogP contribution in [-0.2, 0) is 0 Å². The molecule has 0 unspecified atom stereocenters. The number of fused-ring (bicyclic) bond motifs is 2. The van der Waals surface area contributed by atoms with Crippen molar-refractivity contribution >= 4 is 33.4 Å². The molecule has 108 valence electrons. The summed E-state index contributed by atoms with van der Waals surface area (Å²) >= 11 is 1.52. The molecule has 1 aliphatic heterocycles. The normalized spacial score (nSPS) is 15.4. The smallest absolute Gasteiger partial charge is 0.262 e. The fourth-order valence-electron chi connectivity index (χ4n) is 2.74. The number of amides is 2. The van der Waals surface area contributed by atoms with Gasteiger partial charge >= 0.3 is 0 Å². The fraction of sp³-hybridized carbons (Fsp3) is 0.118. The average Bonchev–Trinajstić information content (AvgIpc) is 3.08. The molecule has 0 aliphatic carbocycles. The third-order valence-corrected chi connectivity index (χ3v) is 5.09. The molecule has 1 aromatic heterocycles. The van der Waals surface area contributed by atoms with Crippen molar-refractivity contribution in [3.63, 3.8) is 0 Å². The first-order valence-electron chi connectivity index (χ1n) is 6.99. The number of thiazole rings is 1. The minimum atomic E-state index is -0.371. The van der Waals surface area contributed by atoms with Crippen LogP contribution in [0.1, 0.15) is 38.7 Å². The topological polar surface area (TPSA) is 50.3 Å². The van der Waals surface area contributed by atoms with Gasteiger partial charge in [0.2, 0.25) is 0 Å². The predicted molar refractivity (Wildman–Crippen MR) is 85.0 cm³/mol. The number of para-hydroxylation sites is 1. The maximum Gasteiger partial charge on any atom is 0.262 e. The van der Waals surface area contributed by atoms with Gasteiger partial charge in [0, 0.05) is 0 Å². The van der Waals surface area contributed by atoms with Crippen molar-refractivity contribution in [3.05, 3.63) is 64.7 Å². The summed E-state index contributed by atoms with van der Waals surface area (Å²) in [5, 5.41) is 0.774. The number of rotatable bonds is 2. The Morgan fingerprint density at radius 1 is 0.955 bits per heavy atom. The summed E-state index contributed by atoms with van der Waals surface area (Å²) in [4.78, 5) is 30.9. The summed E-state index contributed by atoms with van der Waals surface area (Å²) in [6, 6.07) is 14.4. The van der Waals surface area contributed by atoms with E-state index in [0.29, 0.717) is 11.1 Å². The molecule has 3 aromatic rings. The molecule has 4 rings (SSSR count). The molecule has 0 fully saturated rings. The van der Waals surface area contributed by atoms with Gasteiger partial charge in [0.1, 0.15) is 5.01 Å². The maximum atomic E-state index is 12.5. The summed E-state index contributed by atoms with van der Waals surface area (Å²) in [6.07, 6.45) is 0. The highest BCUT2D eigenvalue weighted by Crippen LogP contribution is 2.34. The molecule has 0 bridgehead atoms. The number of carbonyl (C=O) groups excluding carboxylic acids is 2. The van der Waals surface area contributed by atoms with Crippen LogP contribution >= 0.6 is 11.3 Å². The summed E-state index contributed by atoms with van der Waals surface area (Å²) < 4.78 is 1.06. The monoisotopic (exact) mass is 308 g/mol. The molecule has 0 spiro atoms. The molecule has 1 atom stereocenters. The van der Waals surface area contributed by atoms with Crippen LogP contribution in [0, 0.1) is 0 Å². The molecule has 1 aliphatic rings. The van der Waals surface area contributed by atoms with Crippen LogP contribution in [0.25, 0.3) is 10.2 Å². The fourth-order valence-corrected chi connectivity index (χ4v) is 3.75. The van der Waals surface area contributed by atoms with E-state index in [-0.39, 0.29) is 17.9 Å². The Morgan fingerprint density at radius 3 is 2.18 bits per heavy atom. The zero-order chi connectivity index (χ0) is 15.3. The molecule has 4 nitrogen and oxygen atoms in total. The molecule has 2 amide bonds. The zero-order valence-corrected chi connectivity index (χ0v) is 12.6. The first kappa shape index (κ1) is 13.2. The van der Waals surface area contributed by atoms with Gasteiger partial charge in [0.05, 0.1) is 27.4 Å². The summed E-state index contributed by atoms with van der Waals surface area (Å²) in [5.41, 5.74) is 1.84. The van der Waals surface area contributed by atoms with E-state index in [1.54, 1.807) is 24.3 Å². The lowest BCUT2D eigenvalue weighted by molar-refractivity contribution is 0.0595. The predicted octanol–water partition coefficient (Wildman–Crippen LogP) is 3.65. The SMILES string of the molecule is C[C@@H](c1nc2ccccc2s1)N1C(=O)c2ccccc2C1=O. The number of benzene rings is 2. The van der Waals surface area contributed by atoms with E-state index in [2.05, 4.69) is 4.98 Å². The minimum absolute atomic E-state index is 0.243. The van der Waals surface area contributed by atoms with Gasteiger partial charge in [-0.25, -0.2) is 4.98 Å². The highest BCUT2D eigenvalue weighted by atomic mass is 32.1. The third kappa shape index (κ3) is 1.79. The Kier molecular flexibility index (Phi) is 2.84. The van der Waals surface area contributed by atoms with Crippen molar-refractivity contribution in [1.82, 2.24) is 9.88 Å². The lowest BCUT2D eigenvalue weighted by atomic mass is 10.1. The van der Waals surface area contributed by atoms with Gasteiger partial charge in [-0.3, -0.25) is 14.5 Å². The summed E-state index contributed by atoms with van der Waals surface area (Å²) in [6.45, 7) is 1.85. The van der Waals surface area contributed by atoms with Crippen LogP contribution in [0.4, 0.5) is 0 Å². The summed E-state index contributed by atoms with van der Waals surface area (Å²) in [7, 11) is 0. The second-order valence-electron chi connectivity index (χ2n) is 5.22. The molecule has 0 saturated heterocycles. The minimum Gasteiger partial charge on any atom is -0.269 e. The second kappa shape index (κ2) is 4.74. The van der Waals surface area contributed by atoms with Crippen molar-refractivity contribution in [2.45, 2.75) is 13.0 Å². The van der Waals surface area contributed by atoms with Crippen LogP contribution in [0.2, 0.25) is 0 Å². The van der Waals surface area contributed by atoms with Crippen LogP contribution < -0.4 is 0 Å². The van der Waals surface area contributed by atoms with E-state index in [0.717, 1.165) is 15.2 Å². The largest absolute Gasteiger partial charge is 0.269 e. The lowest BCUT2D eigenvalue weighted by Gasteiger charge is -2.20. The molecule has 5 heteroatoms. The Hall–Kier alpha value is -2.53. The van der Waals surface area contributed by atoms with Gasteiger partial charge in [-0.1, -0.05) is 24.3 Å². The van der Waals surface area contributed by atoms with Crippen molar-refractivity contribution in [2.75, 3.05) is 0 Å². The molecular formula is C17H12N2O2S. The lowest BCUT2D eigenvalue weighted by Crippen LogP contribution is -2.32. The molecule has 2 aromatic carbocycles. The van der Waals surface area contributed by atoms with Crippen LogP contribution in [0.5, 0.6) is 0 Å². The van der Waals surface area contributed by atoms with Crippen molar-refractivity contribution in [1.29, 1.82) is 0 Å². The van der Waals surface area contributed by atoms with Crippen LogP contribution in [-0.4, -0.2) is 21.7 Å². The Balaban J connectivity index is 1.76. The van der Waals surface area contributed by atoms with E-state index >= 15 is 0 Å². The first-order chi connectivity index (χ1) is 10.7. The number of carbonyl (C=O) groups is 2. The standard InChI is InChI=1S/C17H12N2O2S/c1-10(15-18-13-8-4-5-9-14(13)22-15)19-16(20)11-6-2-3-7-12(11)17(19)21/h2-10H,1H3/t10-/m0/s1. The molecular weight excluding hydrogens is 296 g/mol. The molecule has 0 N–H and O–H groups in total. The van der Waals surface area contributed by atoms with Crippen molar-refractivity contribution < 1.29 is 9.59 Å². The Labute approximate surface area is 131 Å². The summed E-state index contributed by atoms with van der Waals surface area (Å²) in [5.74, 6) is -0.486. The number of aromatic nitrogens is 1. The van der Waals surface area contributed by atoms with Gasteiger partial charge in [0.15, 0.2) is 0 Å². The van der Waals surface area contributed by atoms with E-state index < -0.39 is 0 Å². The second-order valence-corrected chi connectivity index (χ2v) is 6.28. The van der Waals surface area contributed by atoms with E-state index in [9.17, 15) is 9.59 Å². The number of imide groups is 1. The van der Waals surface area contributed by atoms with Gasteiger partial charge in [0.25, 0.3) is 11.8 Å². The Morgan fingerprint density at radius 2 is 1.55 bits per heavy atom. The molecule has 22 heavy (non-hydrogen) atoms. The quantitative estimate of drug-likeness (QED) is 0.679. The highest BCUT2D eigenvalue weighted by molar-refractivity contribution is 7.18. The molecule has 2 heterocycles. The van der Waals surface area contributed by atoms with Gasteiger partial charge in [-0.2, -0.15) is 0 Å². The van der Waals surface area contributed by atoms with Crippen LogP contribution in [0.15, 0.2) is 48.5 Å². The van der Waals surface area contributed by atoms with Crippen molar-refractivity contribution in [3.8, 4) is 0 Å². The maximum absolute atomic E-state index is 12.5.